The first-order chi connectivity index (χ1) is 2.81. The first kappa shape index (κ1) is 10.5. The molecule has 0 atom stereocenters. The molecule has 0 aliphatic carbocycles. The van der Waals surface area contributed by atoms with Crippen LogP contribution in [-0.2, 0) is 0 Å². The van der Waals surface area contributed by atoms with Gasteiger partial charge in [-0.15, -0.1) is 24.0 Å². The average molecular weight is 144 g/mol. The van der Waals surface area contributed by atoms with Crippen molar-refractivity contribution in [3.8, 4) is 0 Å². The Hall–Kier alpha value is 0.540. The van der Waals surface area contributed by atoms with Crippen molar-refractivity contribution in [2.75, 3.05) is 19.6 Å². The van der Waals surface area contributed by atoms with E-state index in [1.807, 2.05) is 11.9 Å². The average Bonchev–Trinajstić information content (AvgIpc) is 1.65. The maximum atomic E-state index is 5.38. The largest absolute Gasteiger partial charge is 0.293 e. The highest BCUT2D eigenvalue weighted by atomic mass is 35.5. The third kappa shape index (κ3) is 6.54. The van der Waals surface area contributed by atoms with Crippen molar-refractivity contribution in [2.45, 2.75) is 6.92 Å². The maximum absolute atomic E-state index is 5.38. The van der Waals surface area contributed by atoms with E-state index in [-0.39, 0.29) is 12.4 Å². The second-order valence-corrected chi connectivity index (χ2v) is 1.53. The molecule has 0 amide bonds. The summed E-state index contributed by atoms with van der Waals surface area (Å²) in [4.78, 5) is 2.02. The Morgan fingerprint density at radius 2 is 2.00 bits per heavy atom. The van der Waals surface area contributed by atoms with E-state index in [9.17, 15) is 0 Å². The number of alkyl halides is 1. The molecule has 0 heterocycles. The van der Waals surface area contributed by atoms with Gasteiger partial charge in [-0.25, -0.2) is 0 Å². The van der Waals surface area contributed by atoms with Crippen LogP contribution in [0.3, 0.4) is 0 Å². The molecule has 0 rings (SSSR count). The van der Waals surface area contributed by atoms with Crippen molar-refractivity contribution in [1.82, 2.24) is 4.90 Å². The molecule has 3 heteroatoms. The van der Waals surface area contributed by atoms with E-state index in [0.29, 0.717) is 6.00 Å². The summed E-state index contributed by atoms with van der Waals surface area (Å²) in [7, 11) is 1.98. The fraction of sp³-hybridized carbons (Fsp3) is 1.00. The first-order valence-corrected chi connectivity index (χ1v) is 2.59. The summed E-state index contributed by atoms with van der Waals surface area (Å²) < 4.78 is 0. The van der Waals surface area contributed by atoms with Crippen LogP contribution in [-0.4, -0.2) is 24.5 Å². The lowest BCUT2D eigenvalue weighted by Crippen LogP contribution is -2.14. The van der Waals surface area contributed by atoms with E-state index in [2.05, 4.69) is 6.92 Å². The number of hydrogen-bond donors (Lipinski definition) is 0. The molecule has 0 fully saturated rings. The van der Waals surface area contributed by atoms with E-state index in [1.54, 1.807) is 0 Å². The van der Waals surface area contributed by atoms with Crippen LogP contribution in [0.15, 0.2) is 0 Å². The normalized spacial score (nSPS) is 8.57. The molecule has 0 radical (unpaired) electrons. The summed E-state index contributed by atoms with van der Waals surface area (Å²) in [5.41, 5.74) is 0. The monoisotopic (exact) mass is 143 g/mol. The second-order valence-electron chi connectivity index (χ2n) is 1.29. The van der Waals surface area contributed by atoms with Gasteiger partial charge in [0.25, 0.3) is 0 Å². The topological polar surface area (TPSA) is 3.24 Å². The zero-order valence-electron chi connectivity index (χ0n) is 4.65. The van der Waals surface area contributed by atoms with Crippen LogP contribution in [0.4, 0.5) is 0 Å². The van der Waals surface area contributed by atoms with Gasteiger partial charge in [-0.05, 0) is 13.6 Å². The lowest BCUT2D eigenvalue weighted by molar-refractivity contribution is 0.413. The molecule has 7 heavy (non-hydrogen) atoms. The third-order valence-electron chi connectivity index (χ3n) is 0.744. The number of rotatable bonds is 2. The molecule has 0 unspecified atom stereocenters. The van der Waals surface area contributed by atoms with Gasteiger partial charge in [0.05, 0.1) is 6.00 Å². The van der Waals surface area contributed by atoms with Crippen molar-refractivity contribution < 1.29 is 0 Å². The van der Waals surface area contributed by atoms with Gasteiger partial charge in [0, 0.05) is 0 Å². The predicted octanol–water partition coefficient (Wildman–Crippen LogP) is 1.56. The Balaban J connectivity index is 0. The molecule has 0 N–H and O–H groups in total. The van der Waals surface area contributed by atoms with Crippen molar-refractivity contribution >= 4 is 24.0 Å². The molecular weight excluding hydrogens is 133 g/mol. The van der Waals surface area contributed by atoms with Gasteiger partial charge in [-0.1, -0.05) is 6.92 Å². The van der Waals surface area contributed by atoms with Gasteiger partial charge < -0.3 is 0 Å². The minimum absolute atomic E-state index is 0. The zero-order valence-corrected chi connectivity index (χ0v) is 6.22. The molecular formula is C4H11Cl2N. The molecule has 0 saturated carbocycles. The molecule has 0 spiro atoms. The Morgan fingerprint density at radius 3 is 2.00 bits per heavy atom. The Bertz CT molecular complexity index is 28.9. The van der Waals surface area contributed by atoms with E-state index < -0.39 is 0 Å². The Morgan fingerprint density at radius 1 is 1.57 bits per heavy atom. The summed E-state index contributed by atoms with van der Waals surface area (Å²) in [5, 5.41) is 0. The summed E-state index contributed by atoms with van der Waals surface area (Å²) in [6, 6.07) is 0.635. The predicted molar refractivity (Wildman–Crippen MR) is 36.3 cm³/mol. The van der Waals surface area contributed by atoms with Gasteiger partial charge in [0.15, 0.2) is 0 Å². The molecule has 0 aromatic heterocycles. The van der Waals surface area contributed by atoms with Crippen molar-refractivity contribution in [3.05, 3.63) is 0 Å². The van der Waals surface area contributed by atoms with Crippen molar-refractivity contribution in [1.29, 1.82) is 0 Å². The van der Waals surface area contributed by atoms with Crippen LogP contribution in [0.5, 0.6) is 0 Å². The standard InChI is InChI=1S/C4H10ClN.ClH/c1-3-6(2)4-5;/h3-4H2,1-2H3;1H. The Kier molecular flexibility index (Phi) is 9.82. The minimum Gasteiger partial charge on any atom is -0.293 e. The fourth-order valence-electron chi connectivity index (χ4n) is 0.0845. The molecule has 1 nitrogen and oxygen atoms in total. The van der Waals surface area contributed by atoms with E-state index in [4.69, 9.17) is 11.6 Å². The van der Waals surface area contributed by atoms with Crippen molar-refractivity contribution in [2.24, 2.45) is 0 Å². The number of halogens is 2. The van der Waals surface area contributed by atoms with Gasteiger partial charge in [-0.3, -0.25) is 4.90 Å². The van der Waals surface area contributed by atoms with Gasteiger partial charge in [-0.2, -0.15) is 0 Å². The third-order valence-corrected chi connectivity index (χ3v) is 1.15. The molecule has 0 aromatic carbocycles. The van der Waals surface area contributed by atoms with Gasteiger partial charge >= 0.3 is 0 Å². The summed E-state index contributed by atoms with van der Waals surface area (Å²) in [5.74, 6) is 0. The molecule has 0 aromatic rings. The molecule has 46 valence electrons. The smallest absolute Gasteiger partial charge is 0.0735 e. The maximum Gasteiger partial charge on any atom is 0.0735 e. The van der Waals surface area contributed by atoms with Crippen LogP contribution >= 0.6 is 24.0 Å². The highest BCUT2D eigenvalue weighted by Crippen LogP contribution is 1.80. The molecule has 0 saturated heterocycles. The second kappa shape index (κ2) is 6.54. The highest BCUT2D eigenvalue weighted by molar-refractivity contribution is 6.17. The van der Waals surface area contributed by atoms with E-state index in [0.717, 1.165) is 6.54 Å². The fourth-order valence-corrected chi connectivity index (χ4v) is 0.254. The van der Waals surface area contributed by atoms with E-state index >= 15 is 0 Å². The minimum atomic E-state index is 0. The van der Waals surface area contributed by atoms with Gasteiger partial charge in [0.1, 0.15) is 0 Å². The lowest BCUT2D eigenvalue weighted by atomic mass is 10.7. The van der Waals surface area contributed by atoms with E-state index in [1.165, 1.54) is 0 Å². The molecule has 0 aliphatic rings. The highest BCUT2D eigenvalue weighted by Gasteiger charge is 1.83. The zero-order chi connectivity index (χ0) is 4.99. The Labute approximate surface area is 56.1 Å². The van der Waals surface area contributed by atoms with Crippen LogP contribution < -0.4 is 0 Å². The number of hydrogen-bond acceptors (Lipinski definition) is 1. The molecule has 0 bridgehead atoms. The van der Waals surface area contributed by atoms with Crippen LogP contribution in [0.1, 0.15) is 6.92 Å². The van der Waals surface area contributed by atoms with Crippen LogP contribution in [0.25, 0.3) is 0 Å². The molecule has 0 aliphatic heterocycles. The van der Waals surface area contributed by atoms with Gasteiger partial charge in [0.2, 0.25) is 0 Å². The summed E-state index contributed by atoms with van der Waals surface area (Å²) >= 11 is 5.38. The quantitative estimate of drug-likeness (QED) is 0.419. The van der Waals surface area contributed by atoms with Crippen LogP contribution in [0.2, 0.25) is 0 Å². The summed E-state index contributed by atoms with van der Waals surface area (Å²) in [6.07, 6.45) is 0. The van der Waals surface area contributed by atoms with Crippen LogP contribution in [0, 0.1) is 0 Å². The lowest BCUT2D eigenvalue weighted by Gasteiger charge is -2.05. The number of nitrogens with zero attached hydrogens (tertiary/aromatic N) is 1. The summed E-state index contributed by atoms with van der Waals surface area (Å²) in [6.45, 7) is 3.10. The van der Waals surface area contributed by atoms with Crippen molar-refractivity contribution in [3.63, 3.8) is 0 Å². The first-order valence-electron chi connectivity index (χ1n) is 2.05. The SMILES string of the molecule is CCN(C)CCl.Cl.